The number of allylic oxidation sites excluding steroid dienone is 1. The molecule has 0 spiro atoms. The highest BCUT2D eigenvalue weighted by molar-refractivity contribution is 5.84. The molecule has 3 aromatic carbocycles. The highest BCUT2D eigenvalue weighted by atomic mass is 16.5. The van der Waals surface area contributed by atoms with E-state index >= 15 is 0 Å². The number of benzene rings is 3. The van der Waals surface area contributed by atoms with Crippen LogP contribution in [0.3, 0.4) is 0 Å². The Labute approximate surface area is 223 Å². The highest BCUT2D eigenvalue weighted by Crippen LogP contribution is 2.17. The minimum Gasteiger partial charge on any atom is -0.464 e. The maximum Gasteiger partial charge on any atom is 0.213 e. The van der Waals surface area contributed by atoms with Gasteiger partial charge < -0.3 is 13.7 Å². The van der Waals surface area contributed by atoms with Crippen molar-refractivity contribution in [1.82, 2.24) is 10.1 Å². The van der Waals surface area contributed by atoms with Crippen molar-refractivity contribution >= 4 is 23.3 Å². The topological polar surface area (TPSA) is 73.7 Å². The predicted molar refractivity (Wildman–Crippen MR) is 152 cm³/mol. The van der Waals surface area contributed by atoms with Crippen molar-refractivity contribution in [3.63, 3.8) is 0 Å². The third-order valence-electron chi connectivity index (χ3n) is 5.69. The van der Waals surface area contributed by atoms with Crippen molar-refractivity contribution in [2.75, 3.05) is 13.2 Å². The molecule has 5 aromatic rings. The summed E-state index contributed by atoms with van der Waals surface area (Å²) in [5, 5.41) is 4.40. The molecule has 6 heteroatoms. The van der Waals surface area contributed by atoms with Crippen molar-refractivity contribution < 1.29 is 13.7 Å². The molecule has 6 nitrogen and oxygen atoms in total. The van der Waals surface area contributed by atoms with Gasteiger partial charge in [0.05, 0.1) is 26.0 Å². The monoisotopic (exact) mass is 505 g/mol. The van der Waals surface area contributed by atoms with Gasteiger partial charge in [-0.1, -0.05) is 96.2 Å². The fraction of sp³-hybridized carbons (Fsp3) is 0.156. The quantitative estimate of drug-likeness (QED) is 0.206. The van der Waals surface area contributed by atoms with E-state index in [1.54, 1.807) is 6.26 Å². The lowest BCUT2D eigenvalue weighted by Crippen LogP contribution is -1.96. The lowest BCUT2D eigenvalue weighted by Gasteiger charge is -2.00. The Morgan fingerprint density at radius 2 is 1.55 bits per heavy atom. The van der Waals surface area contributed by atoms with Crippen molar-refractivity contribution in [3.05, 3.63) is 138 Å². The van der Waals surface area contributed by atoms with E-state index in [-0.39, 0.29) is 0 Å². The molecule has 38 heavy (non-hydrogen) atoms. The van der Waals surface area contributed by atoms with Crippen LogP contribution in [-0.2, 0) is 17.7 Å². The van der Waals surface area contributed by atoms with Gasteiger partial charge in [0, 0.05) is 11.6 Å². The number of furan rings is 1. The van der Waals surface area contributed by atoms with Crippen LogP contribution >= 0.6 is 0 Å². The maximum atomic E-state index is 5.12. The molecular formula is C32H31N3O3. The Morgan fingerprint density at radius 3 is 2.18 bits per heavy atom. The molecular weight excluding hydrogens is 474 g/mol. The van der Waals surface area contributed by atoms with Gasteiger partial charge in [-0.3, -0.25) is 4.99 Å². The minimum atomic E-state index is 0.819. The molecule has 0 N–H and O–H groups in total. The van der Waals surface area contributed by atoms with Crippen LogP contribution in [0.15, 0.2) is 130 Å². The second-order valence-corrected chi connectivity index (χ2v) is 8.35. The van der Waals surface area contributed by atoms with Crippen LogP contribution in [0.2, 0.25) is 0 Å². The fourth-order valence-corrected chi connectivity index (χ4v) is 3.77. The van der Waals surface area contributed by atoms with Gasteiger partial charge in [0.1, 0.15) is 5.58 Å². The number of fused-ring (bicyclic) bond motifs is 3. The van der Waals surface area contributed by atoms with E-state index in [0.29, 0.717) is 0 Å². The maximum absolute atomic E-state index is 5.12. The van der Waals surface area contributed by atoms with Crippen molar-refractivity contribution in [2.45, 2.75) is 19.4 Å². The third-order valence-corrected chi connectivity index (χ3v) is 5.69. The molecule has 0 atom stereocenters. The average molecular weight is 506 g/mol. The standard InChI is InChI=1S/C9H8.C8H7N.C8H6O.C5H8O.C2H2N2O/c1-2-5-9-7-3-6-8(9)4-1;1-2-4-8-6-9-5-7(8)3-1;1-2-4-8-7(3-1)5-6-9-8;1-2-4-6-5-3-1;1-3-2-5-4-1/h1-6H,7H2;1-5H,6H2;1-6H;1-2H,3-5H2;1-2H. The molecule has 0 unspecified atom stereocenters. The average Bonchev–Trinajstić information content (AvgIpc) is 3.83. The molecule has 0 saturated carbocycles. The smallest absolute Gasteiger partial charge is 0.213 e. The number of hydrogen-bond acceptors (Lipinski definition) is 6. The SMILES string of the molecule is C1=CCOCC1.C1=Cc2ccccc2C1.C1=NCc2ccccc21.c1ccc2occc2c1.c1ncon1. The number of nitrogens with zero attached hydrogens (tertiary/aromatic N) is 3. The molecule has 4 heterocycles. The van der Waals surface area contributed by atoms with Crippen LogP contribution in [0, 0.1) is 0 Å². The second kappa shape index (κ2) is 15.5. The normalized spacial score (nSPS) is 13.4. The van der Waals surface area contributed by atoms with E-state index in [9.17, 15) is 0 Å². The zero-order valence-corrected chi connectivity index (χ0v) is 21.2. The largest absolute Gasteiger partial charge is 0.464 e. The summed E-state index contributed by atoms with van der Waals surface area (Å²) in [6.45, 7) is 2.60. The Balaban J connectivity index is 0.000000113. The highest BCUT2D eigenvalue weighted by Gasteiger charge is 2.02. The molecule has 2 aromatic heterocycles. The zero-order chi connectivity index (χ0) is 26.1. The van der Waals surface area contributed by atoms with Crippen molar-refractivity contribution in [3.8, 4) is 0 Å². The number of aromatic nitrogens is 2. The molecule has 8 rings (SSSR count). The van der Waals surface area contributed by atoms with E-state index in [4.69, 9.17) is 9.15 Å². The van der Waals surface area contributed by atoms with Crippen LogP contribution in [0.4, 0.5) is 0 Å². The molecule has 2 aliphatic heterocycles. The van der Waals surface area contributed by atoms with E-state index < -0.39 is 0 Å². The Morgan fingerprint density at radius 1 is 0.737 bits per heavy atom. The van der Waals surface area contributed by atoms with Gasteiger partial charge in [0.2, 0.25) is 6.39 Å². The van der Waals surface area contributed by atoms with Gasteiger partial charge in [0.25, 0.3) is 0 Å². The Kier molecular flexibility index (Phi) is 10.8. The molecule has 0 saturated heterocycles. The number of ether oxygens (including phenoxy) is 1. The zero-order valence-electron chi connectivity index (χ0n) is 21.2. The Hall–Kier alpha value is -4.55. The predicted octanol–water partition coefficient (Wildman–Crippen LogP) is 7.34. The summed E-state index contributed by atoms with van der Waals surface area (Å²) in [6.07, 6.45) is 17.0. The minimum absolute atomic E-state index is 0.819. The number of aliphatic imine (C=N–C) groups is 1. The van der Waals surface area contributed by atoms with Crippen molar-refractivity contribution in [2.24, 2.45) is 4.99 Å². The molecule has 1 aliphatic carbocycles. The first kappa shape index (κ1) is 26.5. The summed E-state index contributed by atoms with van der Waals surface area (Å²) in [5.74, 6) is 0. The summed E-state index contributed by atoms with van der Waals surface area (Å²) in [4.78, 5) is 7.57. The molecule has 0 radical (unpaired) electrons. The van der Waals surface area contributed by atoms with Crippen LogP contribution in [-0.4, -0.2) is 29.6 Å². The van der Waals surface area contributed by atoms with Gasteiger partial charge in [0.15, 0.2) is 6.33 Å². The molecule has 0 amide bonds. The molecule has 3 aliphatic rings. The second-order valence-electron chi connectivity index (χ2n) is 8.35. The van der Waals surface area contributed by atoms with Crippen LogP contribution in [0.5, 0.6) is 0 Å². The van der Waals surface area contributed by atoms with E-state index in [1.165, 1.54) is 35.0 Å². The number of rotatable bonds is 0. The molecule has 192 valence electrons. The molecule has 0 bridgehead atoms. The van der Waals surface area contributed by atoms with E-state index in [2.05, 4.69) is 74.3 Å². The van der Waals surface area contributed by atoms with Gasteiger partial charge >= 0.3 is 0 Å². The number of hydrogen-bond donors (Lipinski definition) is 0. The van der Waals surface area contributed by atoms with Crippen LogP contribution in [0.25, 0.3) is 17.0 Å². The summed E-state index contributed by atoms with van der Waals surface area (Å²) in [5.41, 5.74) is 6.42. The van der Waals surface area contributed by atoms with Crippen molar-refractivity contribution in [1.29, 1.82) is 0 Å². The van der Waals surface area contributed by atoms with Crippen LogP contribution < -0.4 is 0 Å². The lowest BCUT2D eigenvalue weighted by molar-refractivity contribution is 0.158. The first-order chi connectivity index (χ1) is 18.9. The summed E-state index contributed by atoms with van der Waals surface area (Å²) in [7, 11) is 0. The summed E-state index contributed by atoms with van der Waals surface area (Å²) < 4.78 is 14.3. The van der Waals surface area contributed by atoms with Gasteiger partial charge in [-0.2, -0.15) is 0 Å². The summed E-state index contributed by atoms with van der Waals surface area (Å²) >= 11 is 0. The van der Waals surface area contributed by atoms with Gasteiger partial charge in [-0.05, 0) is 47.2 Å². The summed E-state index contributed by atoms with van der Waals surface area (Å²) in [6, 6.07) is 26.7. The van der Waals surface area contributed by atoms with E-state index in [1.807, 2.05) is 54.8 Å². The number of para-hydroxylation sites is 1. The third kappa shape index (κ3) is 8.84. The Bertz CT molecular complexity index is 1320. The molecule has 0 fully saturated rings. The van der Waals surface area contributed by atoms with E-state index in [0.717, 1.165) is 43.6 Å². The first-order valence-corrected chi connectivity index (χ1v) is 12.6. The van der Waals surface area contributed by atoms with Crippen LogP contribution in [0.1, 0.15) is 28.7 Å². The lowest BCUT2D eigenvalue weighted by atomic mass is 10.1. The van der Waals surface area contributed by atoms with Gasteiger partial charge in [-0.15, -0.1) is 0 Å². The fourth-order valence-electron chi connectivity index (χ4n) is 3.77. The first-order valence-electron chi connectivity index (χ1n) is 12.6. The van der Waals surface area contributed by atoms with Gasteiger partial charge in [-0.25, -0.2) is 4.98 Å².